The molecular formula is C23H22N7NaO. The number of rotatable bonds is 3. The molecule has 0 atom stereocenters. The summed E-state index contributed by atoms with van der Waals surface area (Å²) >= 11 is 0. The molecule has 0 unspecified atom stereocenters. The van der Waals surface area contributed by atoms with Gasteiger partial charge in [-0.25, -0.2) is 9.78 Å². The number of para-hydroxylation sites is 2. The number of aromatic amines is 1. The van der Waals surface area contributed by atoms with E-state index in [0.29, 0.717) is 6.04 Å². The fraction of sp³-hybridized carbons (Fsp3) is 0.217. The number of hydrogen-bond acceptors (Lipinski definition) is 5. The summed E-state index contributed by atoms with van der Waals surface area (Å²) in [6, 6.07) is 17.8. The summed E-state index contributed by atoms with van der Waals surface area (Å²) in [6.07, 6.45) is 11.1. The van der Waals surface area contributed by atoms with Crippen molar-refractivity contribution in [1.82, 2.24) is 29.1 Å². The van der Waals surface area contributed by atoms with Crippen molar-refractivity contribution in [3.63, 3.8) is 0 Å². The van der Waals surface area contributed by atoms with E-state index < -0.39 is 0 Å². The molecule has 1 fully saturated rings. The molecular weight excluding hydrogens is 413 g/mol. The van der Waals surface area contributed by atoms with E-state index >= 15 is 0 Å². The number of hydrogen-bond donors (Lipinski definition) is 2. The van der Waals surface area contributed by atoms with Gasteiger partial charge in [0, 0.05) is 12.2 Å². The summed E-state index contributed by atoms with van der Waals surface area (Å²) < 4.78 is 3.32. The van der Waals surface area contributed by atoms with Crippen LogP contribution in [0.1, 0.15) is 25.7 Å². The minimum atomic E-state index is -0.139. The Morgan fingerprint density at radius 1 is 1.03 bits per heavy atom. The monoisotopic (exact) mass is 435 g/mol. The van der Waals surface area contributed by atoms with Gasteiger partial charge in [0.1, 0.15) is 5.82 Å². The van der Waals surface area contributed by atoms with Crippen LogP contribution in [0.2, 0.25) is 0 Å². The van der Waals surface area contributed by atoms with E-state index in [1.165, 1.54) is 25.7 Å². The van der Waals surface area contributed by atoms with Gasteiger partial charge in [-0.15, -0.1) is 6.07 Å². The smallest absolute Gasteiger partial charge is 0.414 e. The molecule has 0 radical (unpaired) electrons. The van der Waals surface area contributed by atoms with Crippen LogP contribution in [0.3, 0.4) is 0 Å². The number of anilines is 1. The Kier molecular flexibility index (Phi) is 7.04. The Morgan fingerprint density at radius 3 is 2.62 bits per heavy atom. The molecule has 1 saturated carbocycles. The summed E-state index contributed by atoms with van der Waals surface area (Å²) in [5.74, 6) is 0.878. The molecule has 0 amide bonds. The number of benzene rings is 1. The Balaban J connectivity index is 0.000000205. The van der Waals surface area contributed by atoms with E-state index in [1.54, 1.807) is 15.3 Å². The minimum Gasteiger partial charge on any atom is -0.414 e. The predicted octanol–water partition coefficient (Wildman–Crippen LogP) is 0.602. The molecule has 1 aliphatic rings. The topological polar surface area (TPSA) is 92.9 Å². The number of nitrogens with zero attached hydrogens (tertiary/aromatic N) is 5. The molecule has 0 aliphatic heterocycles. The third kappa shape index (κ3) is 4.77. The SMILES string of the molecule is O=c1[nH]c2ccccc2n1-c1ccc(NC2CCCC2)nc1.[Na+].[c-]1nc2ccccn2n1. The molecule has 0 bridgehead atoms. The van der Waals surface area contributed by atoms with Gasteiger partial charge in [-0.1, -0.05) is 31.0 Å². The molecule has 156 valence electrons. The van der Waals surface area contributed by atoms with E-state index in [2.05, 4.69) is 31.7 Å². The van der Waals surface area contributed by atoms with Crippen molar-refractivity contribution in [2.75, 3.05) is 5.32 Å². The van der Waals surface area contributed by atoms with Gasteiger partial charge in [-0.3, -0.25) is 9.67 Å². The first-order valence-corrected chi connectivity index (χ1v) is 10.4. The van der Waals surface area contributed by atoms with Gasteiger partial charge < -0.3 is 19.8 Å². The van der Waals surface area contributed by atoms with Crippen molar-refractivity contribution in [1.29, 1.82) is 0 Å². The van der Waals surface area contributed by atoms with Crippen LogP contribution in [0.15, 0.2) is 71.8 Å². The summed E-state index contributed by atoms with van der Waals surface area (Å²) in [5, 5.41) is 7.26. The van der Waals surface area contributed by atoms with Gasteiger partial charge in [0.05, 0.1) is 22.9 Å². The zero-order chi connectivity index (χ0) is 21.0. The van der Waals surface area contributed by atoms with Crippen molar-refractivity contribution in [2.24, 2.45) is 0 Å². The summed E-state index contributed by atoms with van der Waals surface area (Å²) in [4.78, 5) is 23.3. The van der Waals surface area contributed by atoms with Crippen LogP contribution in [0.4, 0.5) is 5.82 Å². The van der Waals surface area contributed by atoms with E-state index in [0.717, 1.165) is 28.2 Å². The molecule has 8 nitrogen and oxygen atoms in total. The predicted molar refractivity (Wildman–Crippen MR) is 119 cm³/mol. The maximum Gasteiger partial charge on any atom is 1.00 e. The van der Waals surface area contributed by atoms with Crippen LogP contribution >= 0.6 is 0 Å². The molecule has 4 aromatic heterocycles. The number of pyridine rings is 2. The molecule has 9 heteroatoms. The molecule has 6 rings (SSSR count). The number of imidazole rings is 1. The van der Waals surface area contributed by atoms with Gasteiger partial charge in [0.15, 0.2) is 0 Å². The van der Waals surface area contributed by atoms with Gasteiger partial charge in [0.2, 0.25) is 0 Å². The van der Waals surface area contributed by atoms with Crippen molar-refractivity contribution in [3.8, 4) is 5.69 Å². The van der Waals surface area contributed by atoms with Crippen LogP contribution in [-0.4, -0.2) is 35.2 Å². The molecule has 32 heavy (non-hydrogen) atoms. The largest absolute Gasteiger partial charge is 1.00 e. The second-order valence-corrected chi connectivity index (χ2v) is 7.53. The molecule has 0 saturated heterocycles. The van der Waals surface area contributed by atoms with Crippen molar-refractivity contribution >= 4 is 22.5 Å². The molecule has 1 aliphatic carbocycles. The maximum absolute atomic E-state index is 12.2. The van der Waals surface area contributed by atoms with Crippen LogP contribution in [0.25, 0.3) is 22.4 Å². The third-order valence-corrected chi connectivity index (χ3v) is 5.44. The quantitative estimate of drug-likeness (QED) is 0.320. The molecule has 4 heterocycles. The van der Waals surface area contributed by atoms with E-state index in [1.807, 2.05) is 60.8 Å². The Hall–Kier alpha value is -2.94. The van der Waals surface area contributed by atoms with Crippen LogP contribution < -0.4 is 40.6 Å². The summed E-state index contributed by atoms with van der Waals surface area (Å²) in [7, 11) is 0. The average Bonchev–Trinajstić information content (AvgIpc) is 3.54. The van der Waals surface area contributed by atoms with Crippen molar-refractivity contribution in [3.05, 3.63) is 83.8 Å². The zero-order valence-corrected chi connectivity index (χ0v) is 19.9. The molecule has 5 aromatic rings. The zero-order valence-electron chi connectivity index (χ0n) is 17.9. The number of H-pyrrole nitrogens is 1. The van der Waals surface area contributed by atoms with E-state index in [4.69, 9.17) is 0 Å². The molecule has 2 N–H and O–H groups in total. The maximum atomic E-state index is 12.2. The fourth-order valence-electron chi connectivity index (χ4n) is 3.91. The fourth-order valence-corrected chi connectivity index (χ4v) is 3.91. The second kappa shape index (κ2) is 10.1. The van der Waals surface area contributed by atoms with Crippen LogP contribution in [-0.2, 0) is 0 Å². The first-order valence-electron chi connectivity index (χ1n) is 10.4. The average molecular weight is 435 g/mol. The second-order valence-electron chi connectivity index (χ2n) is 7.53. The summed E-state index contributed by atoms with van der Waals surface area (Å²) in [5.41, 5.74) is 3.17. The van der Waals surface area contributed by atoms with Crippen molar-refractivity contribution < 1.29 is 29.6 Å². The first-order chi connectivity index (χ1) is 15.3. The van der Waals surface area contributed by atoms with Gasteiger partial charge in [-0.2, -0.15) is 0 Å². The van der Waals surface area contributed by atoms with Gasteiger partial charge in [-0.05, 0) is 55.1 Å². The first kappa shape index (κ1) is 22.3. The number of nitrogens with one attached hydrogen (secondary N) is 2. The van der Waals surface area contributed by atoms with Crippen LogP contribution in [0, 0.1) is 6.33 Å². The normalized spacial score (nSPS) is 13.5. The van der Waals surface area contributed by atoms with Gasteiger partial charge in [0.25, 0.3) is 0 Å². The van der Waals surface area contributed by atoms with E-state index in [-0.39, 0.29) is 35.2 Å². The third-order valence-electron chi connectivity index (χ3n) is 5.44. The van der Waals surface area contributed by atoms with E-state index in [9.17, 15) is 4.79 Å². The Labute approximate surface area is 207 Å². The Bertz CT molecular complexity index is 1320. The van der Waals surface area contributed by atoms with Crippen LogP contribution in [0.5, 0.6) is 0 Å². The van der Waals surface area contributed by atoms with Gasteiger partial charge >= 0.3 is 35.2 Å². The number of aromatic nitrogens is 6. The Morgan fingerprint density at radius 2 is 1.84 bits per heavy atom. The van der Waals surface area contributed by atoms with Crippen molar-refractivity contribution in [2.45, 2.75) is 31.7 Å². The minimum absolute atomic E-state index is 0. The molecule has 0 spiro atoms. The standard InChI is InChI=1S/C17H18N4O.C6H4N3.Na/c22-17-20-14-7-3-4-8-15(14)21(17)13-9-10-16(18-11-13)19-12-5-1-2-6-12;1-2-4-9-6(3-1)7-5-8-9;/h3-4,7-12H,1-2,5-6H2,(H,18,19)(H,20,22);1-4H;/q;-1;+1. The number of fused-ring (bicyclic) bond motifs is 2. The summed E-state index contributed by atoms with van der Waals surface area (Å²) in [6.45, 7) is 0. The molecule has 1 aromatic carbocycles.